The fourth-order valence-corrected chi connectivity index (χ4v) is 2.60. The van der Waals surface area contributed by atoms with Crippen LogP contribution < -0.4 is 10.6 Å². The Morgan fingerprint density at radius 3 is 2.55 bits per heavy atom. The van der Waals surface area contributed by atoms with Crippen LogP contribution in [0.25, 0.3) is 6.08 Å². The minimum atomic E-state index is -4.58. The van der Waals surface area contributed by atoms with E-state index in [1.807, 2.05) is 0 Å². The molecule has 0 radical (unpaired) electrons. The fraction of sp³-hybridized carbons (Fsp3) is 0.105. The third-order valence-corrected chi connectivity index (χ3v) is 3.97. The van der Waals surface area contributed by atoms with Crippen molar-refractivity contribution < 1.29 is 32.7 Å². The summed E-state index contributed by atoms with van der Waals surface area (Å²) in [6.45, 7) is -0.695. The molecule has 0 bridgehead atoms. The number of hydrogen-bond donors (Lipinski definition) is 3. The van der Waals surface area contributed by atoms with Crippen LogP contribution in [0.3, 0.4) is 0 Å². The van der Waals surface area contributed by atoms with Crippen LogP contribution in [0.4, 0.5) is 23.7 Å². The molecule has 0 unspecified atom stereocenters. The van der Waals surface area contributed by atoms with Crippen molar-refractivity contribution in [3.8, 4) is 5.75 Å². The minimum absolute atomic E-state index is 0.109. The Morgan fingerprint density at radius 1 is 1.14 bits per heavy atom. The van der Waals surface area contributed by atoms with Crippen LogP contribution >= 0.6 is 0 Å². The highest BCUT2D eigenvalue weighted by Crippen LogP contribution is 2.30. The number of nitrogens with one attached hydrogen (secondary N) is 2. The molecular formula is C19H14F3N3O4. The molecule has 0 atom stereocenters. The molecule has 150 valence electrons. The zero-order valence-corrected chi connectivity index (χ0v) is 14.7. The van der Waals surface area contributed by atoms with Crippen LogP contribution in [-0.2, 0) is 15.8 Å². The van der Waals surface area contributed by atoms with E-state index in [1.54, 1.807) is 12.1 Å². The van der Waals surface area contributed by atoms with Crippen molar-refractivity contribution in [2.45, 2.75) is 6.18 Å². The number of rotatable bonds is 4. The van der Waals surface area contributed by atoms with Crippen LogP contribution in [0.1, 0.15) is 11.1 Å². The zero-order valence-electron chi connectivity index (χ0n) is 14.7. The van der Waals surface area contributed by atoms with E-state index in [4.69, 9.17) is 0 Å². The highest BCUT2D eigenvalue weighted by atomic mass is 19.4. The lowest BCUT2D eigenvalue weighted by molar-refractivity contribution is -0.137. The van der Waals surface area contributed by atoms with E-state index in [-0.39, 0.29) is 22.7 Å². The standard InChI is InChI=1S/C19H14F3N3O4/c20-19(21,22)12-5-3-6-13(9-12)23-16(27)10-25-17(28)14(24-18(25)29)8-11-4-1-2-7-15(11)26/h1-9,26H,10H2,(H,23,27)(H,24,29)/b14-8-. The summed E-state index contributed by atoms with van der Waals surface area (Å²) in [6, 6.07) is 9.22. The second kappa shape index (κ2) is 7.66. The Labute approximate surface area is 162 Å². The Balaban J connectivity index is 1.70. The number of para-hydroxylation sites is 1. The van der Waals surface area contributed by atoms with E-state index in [0.717, 1.165) is 18.2 Å². The number of anilines is 1. The number of hydrogen-bond acceptors (Lipinski definition) is 4. The fourth-order valence-electron chi connectivity index (χ4n) is 2.60. The lowest BCUT2D eigenvalue weighted by Gasteiger charge is -2.13. The van der Waals surface area contributed by atoms with Crippen LogP contribution in [0.15, 0.2) is 54.2 Å². The number of carbonyl (C=O) groups excluding carboxylic acids is 3. The van der Waals surface area contributed by atoms with Gasteiger partial charge in [-0.25, -0.2) is 9.69 Å². The van der Waals surface area contributed by atoms with E-state index in [0.29, 0.717) is 4.90 Å². The number of imide groups is 1. The first-order valence-corrected chi connectivity index (χ1v) is 8.25. The number of alkyl halides is 3. The lowest BCUT2D eigenvalue weighted by Crippen LogP contribution is -2.38. The molecular weight excluding hydrogens is 391 g/mol. The summed E-state index contributed by atoms with van der Waals surface area (Å²) in [4.78, 5) is 37.1. The maximum atomic E-state index is 12.7. The smallest absolute Gasteiger partial charge is 0.416 e. The number of nitrogens with zero attached hydrogens (tertiary/aromatic N) is 1. The molecule has 29 heavy (non-hydrogen) atoms. The van der Waals surface area contributed by atoms with Gasteiger partial charge in [-0.15, -0.1) is 0 Å². The van der Waals surface area contributed by atoms with Crippen molar-refractivity contribution >= 4 is 29.6 Å². The molecule has 0 aromatic heterocycles. The maximum Gasteiger partial charge on any atom is 0.416 e. The molecule has 0 spiro atoms. The third-order valence-electron chi connectivity index (χ3n) is 3.97. The van der Waals surface area contributed by atoms with E-state index in [2.05, 4.69) is 10.6 Å². The molecule has 7 nitrogen and oxygen atoms in total. The van der Waals surface area contributed by atoms with Crippen molar-refractivity contribution in [3.05, 3.63) is 65.4 Å². The van der Waals surface area contributed by atoms with Crippen LogP contribution in [-0.4, -0.2) is 34.4 Å². The molecule has 2 aromatic rings. The van der Waals surface area contributed by atoms with Gasteiger partial charge < -0.3 is 15.7 Å². The van der Waals surface area contributed by atoms with Gasteiger partial charge in [0.25, 0.3) is 5.91 Å². The van der Waals surface area contributed by atoms with E-state index < -0.39 is 36.1 Å². The van der Waals surface area contributed by atoms with Crippen LogP contribution in [0.5, 0.6) is 5.75 Å². The zero-order chi connectivity index (χ0) is 21.2. The van der Waals surface area contributed by atoms with Gasteiger partial charge in [0.15, 0.2) is 0 Å². The second-order valence-corrected chi connectivity index (χ2v) is 6.07. The molecule has 10 heteroatoms. The summed E-state index contributed by atoms with van der Waals surface area (Å²) in [6.07, 6.45) is -3.32. The van der Waals surface area contributed by atoms with Crippen molar-refractivity contribution in [1.82, 2.24) is 10.2 Å². The molecule has 1 fully saturated rings. The minimum Gasteiger partial charge on any atom is -0.507 e. The van der Waals surface area contributed by atoms with Crippen molar-refractivity contribution in [1.29, 1.82) is 0 Å². The Morgan fingerprint density at radius 2 is 1.86 bits per heavy atom. The molecule has 1 saturated heterocycles. The largest absolute Gasteiger partial charge is 0.507 e. The molecule has 4 amide bonds. The first-order chi connectivity index (χ1) is 13.6. The molecule has 1 aliphatic heterocycles. The van der Waals surface area contributed by atoms with Gasteiger partial charge in [0.05, 0.1) is 5.56 Å². The maximum absolute atomic E-state index is 12.7. The Hall–Kier alpha value is -3.82. The SMILES string of the molecule is O=C(CN1C(=O)N/C(=C\c2ccccc2O)C1=O)Nc1cccc(C(F)(F)F)c1. The molecule has 2 aromatic carbocycles. The molecule has 0 aliphatic carbocycles. The average Bonchev–Trinajstić information content (AvgIpc) is 2.90. The summed E-state index contributed by atoms with van der Waals surface area (Å²) >= 11 is 0. The molecule has 0 saturated carbocycles. The Bertz CT molecular complexity index is 1020. The van der Waals surface area contributed by atoms with Gasteiger partial charge in [0, 0.05) is 11.3 Å². The average molecular weight is 405 g/mol. The predicted octanol–water partition coefficient (Wildman–Crippen LogP) is 2.94. The van der Waals surface area contributed by atoms with Gasteiger partial charge in [-0.3, -0.25) is 9.59 Å². The van der Waals surface area contributed by atoms with Gasteiger partial charge in [-0.05, 0) is 30.3 Å². The number of carbonyl (C=O) groups is 3. The summed E-state index contributed by atoms with van der Waals surface area (Å²) in [7, 11) is 0. The van der Waals surface area contributed by atoms with Crippen molar-refractivity contribution in [2.24, 2.45) is 0 Å². The summed E-state index contributed by atoms with van der Waals surface area (Å²) in [5, 5.41) is 14.3. The van der Waals surface area contributed by atoms with Crippen molar-refractivity contribution in [2.75, 3.05) is 11.9 Å². The van der Waals surface area contributed by atoms with Crippen molar-refractivity contribution in [3.63, 3.8) is 0 Å². The predicted molar refractivity (Wildman–Crippen MR) is 96.4 cm³/mol. The number of halogens is 3. The topological polar surface area (TPSA) is 98.7 Å². The van der Waals surface area contributed by atoms with Gasteiger partial charge in [-0.1, -0.05) is 24.3 Å². The quantitative estimate of drug-likeness (QED) is 0.538. The summed E-state index contributed by atoms with van der Waals surface area (Å²) in [5.41, 5.74) is -0.935. The lowest BCUT2D eigenvalue weighted by atomic mass is 10.1. The molecule has 3 rings (SSSR count). The van der Waals surface area contributed by atoms with E-state index in [1.165, 1.54) is 24.3 Å². The normalized spacial score (nSPS) is 15.6. The first-order valence-electron chi connectivity index (χ1n) is 8.25. The highest BCUT2D eigenvalue weighted by molar-refractivity contribution is 6.16. The van der Waals surface area contributed by atoms with Gasteiger partial charge in [0.2, 0.25) is 5.91 Å². The van der Waals surface area contributed by atoms with E-state index in [9.17, 15) is 32.7 Å². The number of benzene rings is 2. The summed E-state index contributed by atoms with van der Waals surface area (Å²) in [5.74, 6) is -1.77. The monoisotopic (exact) mass is 405 g/mol. The number of phenols is 1. The highest BCUT2D eigenvalue weighted by Gasteiger charge is 2.35. The number of phenolic OH excluding ortho intramolecular Hbond substituents is 1. The Kier molecular flexibility index (Phi) is 5.26. The van der Waals surface area contributed by atoms with Gasteiger partial charge in [-0.2, -0.15) is 13.2 Å². The number of aromatic hydroxyl groups is 1. The van der Waals surface area contributed by atoms with Crippen LogP contribution in [0, 0.1) is 0 Å². The van der Waals surface area contributed by atoms with E-state index >= 15 is 0 Å². The second-order valence-electron chi connectivity index (χ2n) is 6.07. The number of urea groups is 1. The van der Waals surface area contributed by atoms with Gasteiger partial charge in [0.1, 0.15) is 18.0 Å². The summed E-state index contributed by atoms with van der Waals surface area (Å²) < 4.78 is 38.2. The molecule has 1 aliphatic rings. The third kappa shape index (κ3) is 4.54. The first kappa shape index (κ1) is 19.9. The number of amides is 4. The van der Waals surface area contributed by atoms with Crippen LogP contribution in [0.2, 0.25) is 0 Å². The molecule has 1 heterocycles. The molecule has 3 N–H and O–H groups in total. The van der Waals surface area contributed by atoms with Gasteiger partial charge >= 0.3 is 12.2 Å².